The Bertz CT molecular complexity index is 731. The van der Waals surface area contributed by atoms with Crippen molar-refractivity contribution in [3.05, 3.63) is 47.2 Å². The molecular weight excluding hydrogens is 278 g/mol. The first kappa shape index (κ1) is 14.5. The van der Waals surface area contributed by atoms with Gasteiger partial charge in [-0.25, -0.2) is 0 Å². The molecule has 22 heavy (non-hydrogen) atoms. The van der Waals surface area contributed by atoms with Crippen LogP contribution in [0.25, 0.3) is 6.08 Å². The number of hydrogen-bond donors (Lipinski definition) is 0. The molecule has 114 valence electrons. The van der Waals surface area contributed by atoms with Crippen molar-refractivity contribution in [2.24, 2.45) is 0 Å². The lowest BCUT2D eigenvalue weighted by Crippen LogP contribution is -2.27. The van der Waals surface area contributed by atoms with E-state index < -0.39 is 0 Å². The van der Waals surface area contributed by atoms with E-state index in [1.54, 1.807) is 11.0 Å². The minimum atomic E-state index is -0.0580. The Kier molecular flexibility index (Phi) is 3.79. The highest BCUT2D eigenvalue weighted by molar-refractivity contribution is 6.05. The standard InChI is InChI=1S/C17H19N3O2/c1-11(2)17-19-18-14(22-17)7-8-15(21)20-10-9-13-6-4-5-12(3)16(13)20/h4-8,11H,9-10H2,1-3H3/b8-7+. The van der Waals surface area contributed by atoms with Gasteiger partial charge in [0.25, 0.3) is 5.91 Å². The summed E-state index contributed by atoms with van der Waals surface area (Å²) in [6.07, 6.45) is 3.98. The molecule has 0 saturated heterocycles. The number of anilines is 1. The molecule has 5 nitrogen and oxygen atoms in total. The molecule has 2 heterocycles. The molecule has 0 spiro atoms. The molecule has 5 heteroatoms. The second-order valence-electron chi connectivity index (χ2n) is 5.79. The average Bonchev–Trinajstić information content (AvgIpc) is 3.12. The lowest BCUT2D eigenvalue weighted by atomic mass is 10.1. The van der Waals surface area contributed by atoms with Crippen LogP contribution in [0.5, 0.6) is 0 Å². The third kappa shape index (κ3) is 2.66. The van der Waals surface area contributed by atoms with Gasteiger partial charge in [-0.1, -0.05) is 32.0 Å². The molecule has 1 aromatic heterocycles. The molecule has 1 aliphatic heterocycles. The number of benzene rings is 1. The van der Waals surface area contributed by atoms with Gasteiger partial charge in [0.2, 0.25) is 11.8 Å². The molecular formula is C17H19N3O2. The molecule has 3 rings (SSSR count). The Morgan fingerprint density at radius 3 is 2.91 bits per heavy atom. The molecule has 0 radical (unpaired) electrons. The molecule has 0 N–H and O–H groups in total. The van der Waals surface area contributed by atoms with Crippen LogP contribution >= 0.6 is 0 Å². The van der Waals surface area contributed by atoms with E-state index in [1.807, 2.05) is 32.9 Å². The van der Waals surface area contributed by atoms with Crippen LogP contribution in [-0.2, 0) is 11.2 Å². The van der Waals surface area contributed by atoms with Gasteiger partial charge in [0, 0.05) is 24.6 Å². The van der Waals surface area contributed by atoms with Crippen molar-refractivity contribution in [3.63, 3.8) is 0 Å². The second kappa shape index (κ2) is 5.75. The van der Waals surface area contributed by atoms with Crippen molar-refractivity contribution in [2.75, 3.05) is 11.4 Å². The maximum Gasteiger partial charge on any atom is 0.251 e. The first-order valence-electron chi connectivity index (χ1n) is 7.47. The van der Waals surface area contributed by atoms with Crippen molar-refractivity contribution in [3.8, 4) is 0 Å². The zero-order valence-electron chi connectivity index (χ0n) is 13.0. The van der Waals surface area contributed by atoms with Gasteiger partial charge in [-0.3, -0.25) is 4.79 Å². The number of hydrogen-bond acceptors (Lipinski definition) is 4. The highest BCUT2D eigenvalue weighted by Crippen LogP contribution is 2.31. The molecule has 0 fully saturated rings. The van der Waals surface area contributed by atoms with Gasteiger partial charge in [-0.2, -0.15) is 0 Å². The van der Waals surface area contributed by atoms with E-state index in [2.05, 4.69) is 16.3 Å². The molecule has 0 atom stereocenters. The summed E-state index contributed by atoms with van der Waals surface area (Å²) in [5.41, 5.74) is 3.38. The Balaban J connectivity index is 1.77. The fraction of sp³-hybridized carbons (Fsp3) is 0.353. The SMILES string of the molecule is Cc1cccc2c1N(C(=O)/C=C/c1nnc(C(C)C)o1)CC2. The van der Waals surface area contributed by atoms with Crippen LogP contribution in [0.15, 0.2) is 28.7 Å². The van der Waals surface area contributed by atoms with Crippen LogP contribution in [0, 0.1) is 6.92 Å². The van der Waals surface area contributed by atoms with Crippen molar-refractivity contribution in [1.82, 2.24) is 10.2 Å². The van der Waals surface area contributed by atoms with Crippen molar-refractivity contribution < 1.29 is 9.21 Å². The summed E-state index contributed by atoms with van der Waals surface area (Å²) >= 11 is 0. The zero-order chi connectivity index (χ0) is 15.7. The third-order valence-corrected chi connectivity index (χ3v) is 3.78. The van der Waals surface area contributed by atoms with Crippen LogP contribution in [0.1, 0.15) is 42.7 Å². The quantitative estimate of drug-likeness (QED) is 0.817. The normalized spacial score (nSPS) is 14.1. The number of para-hydroxylation sites is 1. The van der Waals surface area contributed by atoms with Gasteiger partial charge in [0.15, 0.2) is 0 Å². The van der Waals surface area contributed by atoms with Crippen LogP contribution < -0.4 is 4.90 Å². The summed E-state index contributed by atoms with van der Waals surface area (Å²) in [5, 5.41) is 7.87. The van der Waals surface area contributed by atoms with E-state index in [1.165, 1.54) is 11.6 Å². The largest absolute Gasteiger partial charge is 0.421 e. The maximum absolute atomic E-state index is 12.4. The van der Waals surface area contributed by atoms with Crippen molar-refractivity contribution >= 4 is 17.7 Å². The van der Waals surface area contributed by atoms with E-state index in [0.29, 0.717) is 18.3 Å². The number of nitrogens with zero attached hydrogens (tertiary/aromatic N) is 3. The number of aromatic nitrogens is 2. The average molecular weight is 297 g/mol. The predicted octanol–water partition coefficient (Wildman–Crippen LogP) is 3.10. The van der Waals surface area contributed by atoms with Crippen LogP contribution in [0.3, 0.4) is 0 Å². The first-order valence-corrected chi connectivity index (χ1v) is 7.47. The molecule has 0 unspecified atom stereocenters. The number of carbonyl (C=O) groups is 1. The number of aryl methyl sites for hydroxylation is 1. The molecule has 2 aromatic rings. The fourth-order valence-electron chi connectivity index (χ4n) is 2.65. The molecule has 1 aliphatic rings. The van der Waals surface area contributed by atoms with Crippen LogP contribution in [0.4, 0.5) is 5.69 Å². The fourth-order valence-corrected chi connectivity index (χ4v) is 2.65. The Morgan fingerprint density at radius 1 is 1.36 bits per heavy atom. The van der Waals surface area contributed by atoms with Crippen molar-refractivity contribution in [1.29, 1.82) is 0 Å². The zero-order valence-corrected chi connectivity index (χ0v) is 13.0. The minimum Gasteiger partial charge on any atom is -0.421 e. The van der Waals surface area contributed by atoms with E-state index in [0.717, 1.165) is 17.7 Å². The summed E-state index contributed by atoms with van der Waals surface area (Å²) in [7, 11) is 0. The lowest BCUT2D eigenvalue weighted by Gasteiger charge is -2.17. The summed E-state index contributed by atoms with van der Waals surface area (Å²) in [4.78, 5) is 14.2. The van der Waals surface area contributed by atoms with E-state index in [9.17, 15) is 4.79 Å². The third-order valence-electron chi connectivity index (χ3n) is 3.78. The number of amides is 1. The Hall–Kier alpha value is -2.43. The highest BCUT2D eigenvalue weighted by atomic mass is 16.4. The monoisotopic (exact) mass is 297 g/mol. The van der Waals surface area contributed by atoms with Crippen LogP contribution in [-0.4, -0.2) is 22.6 Å². The molecule has 0 saturated carbocycles. The molecule has 1 aromatic carbocycles. The molecule has 0 bridgehead atoms. The van der Waals surface area contributed by atoms with Gasteiger partial charge in [-0.05, 0) is 24.5 Å². The summed E-state index contributed by atoms with van der Waals surface area (Å²) in [6, 6.07) is 6.14. The van der Waals surface area contributed by atoms with Crippen LogP contribution in [0.2, 0.25) is 0 Å². The first-order chi connectivity index (χ1) is 10.6. The second-order valence-corrected chi connectivity index (χ2v) is 5.79. The summed E-state index contributed by atoms with van der Waals surface area (Å²) in [5.74, 6) is 1.06. The smallest absolute Gasteiger partial charge is 0.251 e. The Labute approximate surface area is 129 Å². The van der Waals surface area contributed by atoms with E-state index in [-0.39, 0.29) is 11.8 Å². The topological polar surface area (TPSA) is 59.2 Å². The summed E-state index contributed by atoms with van der Waals surface area (Å²) in [6.45, 7) is 6.71. The van der Waals surface area contributed by atoms with Gasteiger partial charge in [0.1, 0.15) is 0 Å². The van der Waals surface area contributed by atoms with E-state index >= 15 is 0 Å². The summed E-state index contributed by atoms with van der Waals surface area (Å²) < 4.78 is 5.47. The number of rotatable bonds is 3. The predicted molar refractivity (Wildman–Crippen MR) is 84.7 cm³/mol. The van der Waals surface area contributed by atoms with Gasteiger partial charge in [0.05, 0.1) is 5.69 Å². The van der Waals surface area contributed by atoms with E-state index in [4.69, 9.17) is 4.42 Å². The van der Waals surface area contributed by atoms with Gasteiger partial charge >= 0.3 is 0 Å². The lowest BCUT2D eigenvalue weighted by molar-refractivity contribution is -0.114. The van der Waals surface area contributed by atoms with Crippen molar-refractivity contribution in [2.45, 2.75) is 33.1 Å². The maximum atomic E-state index is 12.4. The highest BCUT2D eigenvalue weighted by Gasteiger charge is 2.24. The minimum absolute atomic E-state index is 0.0580. The number of carbonyl (C=O) groups excluding carboxylic acids is 1. The Morgan fingerprint density at radius 2 is 2.18 bits per heavy atom. The molecule has 0 aliphatic carbocycles. The number of fused-ring (bicyclic) bond motifs is 1. The van der Waals surface area contributed by atoms with Gasteiger partial charge < -0.3 is 9.32 Å². The van der Waals surface area contributed by atoms with Gasteiger partial charge in [-0.15, -0.1) is 10.2 Å². The molecule has 1 amide bonds.